The molecule has 1 aliphatic heterocycles. The number of hydrogen-bond donors (Lipinski definition) is 1. The molecule has 0 spiro atoms. The summed E-state index contributed by atoms with van der Waals surface area (Å²) >= 11 is 0. The van der Waals surface area contributed by atoms with Gasteiger partial charge in [0, 0.05) is 38.3 Å². The van der Waals surface area contributed by atoms with Gasteiger partial charge < -0.3 is 14.6 Å². The number of aryl methyl sites for hydroxylation is 1. The van der Waals surface area contributed by atoms with Crippen LogP contribution in [0.15, 0.2) is 24.3 Å². The van der Waals surface area contributed by atoms with Gasteiger partial charge in [-0.05, 0) is 66.4 Å². The lowest BCUT2D eigenvalue weighted by atomic mass is 9.96. The second-order valence-electron chi connectivity index (χ2n) is 14.1. The van der Waals surface area contributed by atoms with Gasteiger partial charge in [0.2, 0.25) is 8.32 Å². The Hall–Kier alpha value is -3.01. The Balaban J connectivity index is 1.23. The third-order valence-electron chi connectivity index (χ3n) is 10.5. The van der Waals surface area contributed by atoms with Crippen LogP contribution in [-0.2, 0) is 34.3 Å². The van der Waals surface area contributed by atoms with Crippen LogP contribution in [0.1, 0.15) is 105 Å². The van der Waals surface area contributed by atoms with Crippen molar-refractivity contribution in [3.63, 3.8) is 0 Å². The third kappa shape index (κ3) is 5.87. The zero-order valence-corrected chi connectivity index (χ0v) is 29.4. The summed E-state index contributed by atoms with van der Waals surface area (Å²) in [4.78, 5) is 28.4. The highest BCUT2D eigenvalue weighted by molar-refractivity contribution is 7.93. The average molecular weight is 654 g/mol. The van der Waals surface area contributed by atoms with Crippen molar-refractivity contribution < 1.29 is 22.4 Å². The molecule has 0 radical (unpaired) electrons. The zero-order chi connectivity index (χ0) is 32.9. The highest BCUT2D eigenvalue weighted by Gasteiger charge is 2.61. The van der Waals surface area contributed by atoms with Crippen molar-refractivity contribution in [2.45, 2.75) is 113 Å². The fraction of sp³-hybridized carbons (Fsp3) is 0.636. The number of nitrogens with zero attached hydrogens (tertiary/aromatic N) is 4. The van der Waals surface area contributed by atoms with Gasteiger partial charge in [-0.3, -0.25) is 14.3 Å². The van der Waals surface area contributed by atoms with Crippen LogP contribution in [0.4, 0.5) is 0 Å². The number of amides is 2. The number of aromatic nitrogens is 2. The summed E-state index contributed by atoms with van der Waals surface area (Å²) in [6.45, 7) is 14.2. The van der Waals surface area contributed by atoms with Crippen LogP contribution in [0.3, 0.4) is 0 Å². The minimum absolute atomic E-state index is 0.0189. The van der Waals surface area contributed by atoms with Gasteiger partial charge in [0.15, 0.2) is 15.5 Å². The van der Waals surface area contributed by atoms with Crippen molar-refractivity contribution in [3.8, 4) is 6.07 Å². The Morgan fingerprint density at radius 1 is 1.11 bits per heavy atom. The molecule has 1 aromatic carbocycles. The molecule has 2 saturated carbocycles. The van der Waals surface area contributed by atoms with E-state index in [1.165, 1.54) is 4.68 Å². The fourth-order valence-corrected chi connectivity index (χ4v) is 16.0. The Kier molecular flexibility index (Phi) is 9.12. The molecule has 2 aliphatic carbocycles. The number of nitriles is 1. The quantitative estimate of drug-likeness (QED) is 0.323. The molecule has 0 atom stereocenters. The van der Waals surface area contributed by atoms with E-state index in [9.17, 15) is 18.0 Å². The lowest BCUT2D eigenvalue weighted by Crippen LogP contribution is -2.56. The molecule has 244 valence electrons. The van der Waals surface area contributed by atoms with Crippen molar-refractivity contribution in [1.82, 2.24) is 20.0 Å². The molecule has 10 nitrogen and oxygen atoms in total. The number of nitrogens with one attached hydrogen (secondary N) is 1. The van der Waals surface area contributed by atoms with Crippen LogP contribution in [0, 0.1) is 11.3 Å². The molecule has 1 N–H and O–H groups in total. The Bertz CT molecular complexity index is 1580. The maximum absolute atomic E-state index is 14.0. The van der Waals surface area contributed by atoms with Crippen molar-refractivity contribution in [2.24, 2.45) is 7.05 Å². The van der Waals surface area contributed by atoms with Crippen molar-refractivity contribution in [2.75, 3.05) is 13.1 Å². The van der Waals surface area contributed by atoms with Crippen LogP contribution in [0.2, 0.25) is 16.6 Å². The van der Waals surface area contributed by atoms with E-state index in [0.717, 1.165) is 5.56 Å². The number of carbonyl (C=O) groups excluding carboxylic acids is 2. The molecule has 3 aliphatic rings. The van der Waals surface area contributed by atoms with Gasteiger partial charge in [0.1, 0.15) is 5.69 Å². The van der Waals surface area contributed by atoms with Crippen molar-refractivity contribution in [3.05, 3.63) is 52.3 Å². The van der Waals surface area contributed by atoms with Gasteiger partial charge in [0.25, 0.3) is 11.8 Å². The largest absolute Gasteiger partial charge is 0.413 e. The van der Waals surface area contributed by atoms with Gasteiger partial charge in [-0.15, -0.1) is 0 Å². The molecule has 0 bridgehead atoms. The van der Waals surface area contributed by atoms with E-state index in [0.29, 0.717) is 72.1 Å². The minimum atomic E-state index is -3.46. The van der Waals surface area contributed by atoms with Gasteiger partial charge in [-0.25, -0.2) is 8.42 Å². The van der Waals surface area contributed by atoms with Crippen LogP contribution < -0.4 is 5.32 Å². The summed E-state index contributed by atoms with van der Waals surface area (Å²) in [7, 11) is -3.91. The Morgan fingerprint density at radius 3 is 2.24 bits per heavy atom. The minimum Gasteiger partial charge on any atom is -0.413 e. The maximum atomic E-state index is 14.0. The Labute approximate surface area is 268 Å². The zero-order valence-electron chi connectivity index (χ0n) is 27.6. The molecule has 1 aromatic heterocycles. The summed E-state index contributed by atoms with van der Waals surface area (Å²) in [6.07, 6.45) is 2.60. The first-order valence-electron chi connectivity index (χ1n) is 16.2. The SMILES string of the molecule is CC(C)[Si](OC1CC(S(=O)(=O)C2(CN3CCc4c(C(=O)NCc5ccc(C#N)cc5)nn(C)c4C3=O)CC2)C1)(C(C)C)C(C)C. The van der Waals surface area contributed by atoms with Crippen LogP contribution in [0.25, 0.3) is 0 Å². The fourth-order valence-electron chi connectivity index (χ4n) is 7.80. The number of rotatable bonds is 12. The molecule has 5 rings (SSSR count). The Morgan fingerprint density at radius 2 is 1.71 bits per heavy atom. The molecule has 45 heavy (non-hydrogen) atoms. The summed E-state index contributed by atoms with van der Waals surface area (Å²) in [6, 6.07) is 9.03. The van der Waals surface area contributed by atoms with E-state index in [-0.39, 0.29) is 36.7 Å². The molecule has 2 aromatic rings. The molecule has 0 unspecified atom stereocenters. The van der Waals surface area contributed by atoms with Gasteiger partial charge in [-0.2, -0.15) is 10.4 Å². The summed E-state index contributed by atoms with van der Waals surface area (Å²) < 4.78 is 35.3. The van der Waals surface area contributed by atoms with Crippen LogP contribution in [0.5, 0.6) is 0 Å². The first-order valence-corrected chi connectivity index (χ1v) is 19.9. The van der Waals surface area contributed by atoms with E-state index in [2.05, 4.69) is 58.0 Å². The summed E-state index contributed by atoms with van der Waals surface area (Å²) in [5.41, 5.74) is 3.87. The van der Waals surface area contributed by atoms with E-state index >= 15 is 0 Å². The topological polar surface area (TPSA) is 134 Å². The first-order chi connectivity index (χ1) is 21.2. The standard InChI is InChI=1S/C33H47N5O5SSi/c1-21(2)45(22(3)4,23(5)6)43-26-16-27(17-26)44(41,42)33(13-14-33)20-38-15-12-28-29(36-37(7)30(28)32(38)40)31(39)35-19-25-10-8-24(18-34)9-11-25/h8-11,21-23,26-27H,12-17,19-20H2,1-7H3,(H,35,39). The van der Waals surface area contributed by atoms with Crippen LogP contribution >= 0.6 is 0 Å². The first kappa shape index (κ1) is 33.4. The lowest BCUT2D eigenvalue weighted by Gasteiger charge is -2.48. The second kappa shape index (κ2) is 12.3. The number of carbonyl (C=O) groups is 2. The molecule has 2 fully saturated rings. The second-order valence-corrected chi connectivity index (χ2v) is 22.2. The molecule has 2 amide bonds. The maximum Gasteiger partial charge on any atom is 0.272 e. The monoisotopic (exact) mass is 653 g/mol. The highest BCUT2D eigenvalue weighted by atomic mass is 32.2. The van der Waals surface area contributed by atoms with Crippen molar-refractivity contribution >= 4 is 30.0 Å². The number of benzene rings is 1. The summed E-state index contributed by atoms with van der Waals surface area (Å²) in [5, 5.41) is 15.8. The molecular formula is C33H47N5O5SSi. The predicted molar refractivity (Wildman–Crippen MR) is 175 cm³/mol. The molecule has 2 heterocycles. The van der Waals surface area contributed by atoms with Gasteiger partial charge in [-0.1, -0.05) is 53.7 Å². The van der Waals surface area contributed by atoms with Crippen molar-refractivity contribution in [1.29, 1.82) is 5.26 Å². The molecule has 0 saturated heterocycles. The normalized spacial score (nSPS) is 21.1. The van der Waals surface area contributed by atoms with E-state index in [4.69, 9.17) is 9.69 Å². The lowest BCUT2D eigenvalue weighted by molar-refractivity contribution is 0.0722. The number of fused-ring (bicyclic) bond motifs is 1. The van der Waals surface area contributed by atoms with Gasteiger partial charge in [0.05, 0.1) is 21.6 Å². The summed E-state index contributed by atoms with van der Waals surface area (Å²) in [5.74, 6) is -0.657. The van der Waals surface area contributed by atoms with E-state index < -0.39 is 28.2 Å². The molecular weight excluding hydrogens is 607 g/mol. The number of sulfone groups is 1. The van der Waals surface area contributed by atoms with Crippen LogP contribution in [-0.4, -0.2) is 72.4 Å². The van der Waals surface area contributed by atoms with E-state index in [1.807, 2.05) is 0 Å². The van der Waals surface area contributed by atoms with Gasteiger partial charge >= 0.3 is 0 Å². The predicted octanol–water partition coefficient (Wildman–Crippen LogP) is 4.89. The highest BCUT2D eigenvalue weighted by Crippen LogP contribution is 2.52. The number of hydrogen-bond acceptors (Lipinski definition) is 7. The van der Waals surface area contributed by atoms with E-state index in [1.54, 1.807) is 36.2 Å². The smallest absolute Gasteiger partial charge is 0.272 e. The molecule has 12 heteroatoms. The third-order valence-corrected chi connectivity index (χ3v) is 19.6. The average Bonchev–Trinajstić information content (AvgIpc) is 3.68.